The zero-order valence-electron chi connectivity index (χ0n) is 6.77. The predicted molar refractivity (Wildman–Crippen MR) is 56.2 cm³/mol. The zero-order valence-corrected chi connectivity index (χ0v) is 9.68. The Morgan fingerprint density at radius 2 is 2.29 bits per heavy atom. The first-order valence-electron chi connectivity index (χ1n) is 3.56. The number of aromatic nitrogens is 1. The van der Waals surface area contributed by atoms with Gasteiger partial charge in [-0.05, 0) is 28.7 Å². The quantitative estimate of drug-likeness (QED) is 0.617. The molecule has 0 radical (unpaired) electrons. The Balaban J connectivity index is 3.18. The van der Waals surface area contributed by atoms with Gasteiger partial charge in [0.1, 0.15) is 5.15 Å². The van der Waals surface area contributed by atoms with Crippen molar-refractivity contribution in [1.82, 2.24) is 4.98 Å². The summed E-state index contributed by atoms with van der Waals surface area (Å²) in [7, 11) is 0. The van der Waals surface area contributed by atoms with Crippen molar-refractivity contribution in [3.05, 3.63) is 26.0 Å². The van der Waals surface area contributed by atoms with Gasteiger partial charge in [0.15, 0.2) is 0 Å². The van der Waals surface area contributed by atoms with E-state index >= 15 is 0 Å². The van der Waals surface area contributed by atoms with Crippen molar-refractivity contribution in [2.24, 2.45) is 0 Å². The molecule has 0 amide bonds. The van der Waals surface area contributed by atoms with Crippen LogP contribution in [0.15, 0.2) is 6.07 Å². The number of pyridine rings is 1. The molecule has 1 aromatic heterocycles. The van der Waals surface area contributed by atoms with Gasteiger partial charge >= 0.3 is 0 Å². The van der Waals surface area contributed by atoms with Crippen molar-refractivity contribution in [1.29, 1.82) is 5.26 Å². The summed E-state index contributed by atoms with van der Waals surface area (Å²) in [5.74, 6) is 0. The number of rotatable bonds is 2. The van der Waals surface area contributed by atoms with Crippen LogP contribution in [-0.2, 0) is 6.42 Å². The van der Waals surface area contributed by atoms with Gasteiger partial charge in [-0.2, -0.15) is 5.26 Å². The van der Waals surface area contributed by atoms with Gasteiger partial charge in [0.25, 0.3) is 6.43 Å². The number of nitriles is 1. The molecule has 0 aliphatic heterocycles. The van der Waals surface area contributed by atoms with Crippen molar-refractivity contribution in [3.63, 3.8) is 0 Å². The molecule has 0 aliphatic carbocycles. The van der Waals surface area contributed by atoms with Gasteiger partial charge in [0.2, 0.25) is 0 Å². The molecule has 0 unspecified atom stereocenters. The Labute approximate surface area is 98.0 Å². The molecule has 14 heavy (non-hydrogen) atoms. The lowest BCUT2D eigenvalue weighted by molar-refractivity contribution is 0.151. The van der Waals surface area contributed by atoms with E-state index in [1.54, 1.807) is 0 Å². The van der Waals surface area contributed by atoms with Crippen molar-refractivity contribution in [2.75, 3.05) is 0 Å². The molecule has 6 heteroatoms. The molecule has 1 rings (SSSR count). The highest BCUT2D eigenvalue weighted by Gasteiger charge is 2.15. The molecule has 0 saturated carbocycles. The van der Waals surface area contributed by atoms with Crippen molar-refractivity contribution in [2.45, 2.75) is 12.8 Å². The normalized spacial score (nSPS) is 10.3. The summed E-state index contributed by atoms with van der Waals surface area (Å²) in [6.45, 7) is 0. The number of alkyl halides is 2. The molecule has 2 nitrogen and oxygen atoms in total. The smallest absolute Gasteiger partial charge is 0.238 e. The lowest BCUT2D eigenvalue weighted by Crippen LogP contribution is -1.98. The van der Waals surface area contributed by atoms with E-state index in [0.717, 1.165) is 0 Å². The summed E-state index contributed by atoms with van der Waals surface area (Å²) >= 11 is 7.38. The molecule has 0 spiro atoms. The van der Waals surface area contributed by atoms with Crippen LogP contribution in [0.5, 0.6) is 0 Å². The highest BCUT2D eigenvalue weighted by Crippen LogP contribution is 2.28. The minimum atomic E-state index is -2.64. The lowest BCUT2D eigenvalue weighted by Gasteiger charge is -2.05. The van der Waals surface area contributed by atoms with Gasteiger partial charge in [-0.25, -0.2) is 13.8 Å². The standard InChI is InChI=1S/C8H4ClF2IN2/c9-7-4(8(10)11)3-5(12)6(14-7)1-2-13/h3,8H,1H2. The average Bonchev–Trinajstić information content (AvgIpc) is 2.10. The SMILES string of the molecule is N#CCc1nc(Cl)c(C(F)F)cc1I. The fourth-order valence-corrected chi connectivity index (χ4v) is 1.75. The number of halogens is 4. The lowest BCUT2D eigenvalue weighted by atomic mass is 10.2. The summed E-state index contributed by atoms with van der Waals surface area (Å²) in [5.41, 5.74) is 0.139. The van der Waals surface area contributed by atoms with E-state index in [4.69, 9.17) is 16.9 Å². The van der Waals surface area contributed by atoms with Crippen molar-refractivity contribution >= 4 is 34.2 Å². The third-order valence-electron chi connectivity index (χ3n) is 1.51. The predicted octanol–water partition coefficient (Wildman–Crippen LogP) is 3.34. The second-order valence-corrected chi connectivity index (χ2v) is 3.95. The molecule has 0 fully saturated rings. The van der Waals surface area contributed by atoms with Gasteiger partial charge in [-0.15, -0.1) is 0 Å². The molecule has 0 aliphatic rings. The summed E-state index contributed by atoms with van der Waals surface area (Å²) in [5, 5.41) is 8.20. The van der Waals surface area contributed by atoms with Crippen LogP contribution in [0.4, 0.5) is 8.78 Å². The van der Waals surface area contributed by atoms with Gasteiger partial charge in [-0.1, -0.05) is 11.6 Å². The molecule has 0 saturated heterocycles. The van der Waals surface area contributed by atoms with E-state index in [2.05, 4.69) is 4.98 Å². The number of hydrogen-bond donors (Lipinski definition) is 0. The maximum Gasteiger partial charge on any atom is 0.266 e. The summed E-state index contributed by atoms with van der Waals surface area (Å²) in [4.78, 5) is 3.74. The Bertz CT molecular complexity index is 390. The fraction of sp³-hybridized carbons (Fsp3) is 0.250. The monoisotopic (exact) mass is 328 g/mol. The van der Waals surface area contributed by atoms with E-state index in [1.807, 2.05) is 28.7 Å². The number of hydrogen-bond acceptors (Lipinski definition) is 2. The first-order valence-corrected chi connectivity index (χ1v) is 5.02. The molecule has 0 aromatic carbocycles. The first kappa shape index (κ1) is 11.6. The van der Waals surface area contributed by atoms with Gasteiger partial charge in [0.05, 0.1) is 23.7 Å². The van der Waals surface area contributed by atoms with Crippen molar-refractivity contribution < 1.29 is 8.78 Å². The zero-order chi connectivity index (χ0) is 10.7. The Hall–Kier alpha value is -0.480. The summed E-state index contributed by atoms with van der Waals surface area (Å²) in [6, 6.07) is 3.14. The van der Waals surface area contributed by atoms with Gasteiger partial charge in [0, 0.05) is 3.57 Å². The topological polar surface area (TPSA) is 36.7 Å². The van der Waals surface area contributed by atoms with Crippen LogP contribution < -0.4 is 0 Å². The maximum absolute atomic E-state index is 12.3. The third kappa shape index (κ3) is 2.51. The van der Waals surface area contributed by atoms with Crippen LogP contribution in [0.2, 0.25) is 5.15 Å². The largest absolute Gasteiger partial charge is 0.266 e. The first-order chi connectivity index (χ1) is 6.56. The van der Waals surface area contributed by atoms with E-state index in [1.165, 1.54) is 6.07 Å². The van der Waals surface area contributed by atoms with E-state index in [-0.39, 0.29) is 17.1 Å². The van der Waals surface area contributed by atoms with E-state index in [9.17, 15) is 8.78 Å². The molecule has 0 bridgehead atoms. The average molecular weight is 328 g/mol. The maximum atomic E-state index is 12.3. The molecular formula is C8H4ClF2IN2. The minimum absolute atomic E-state index is 0.0709. The molecule has 0 atom stereocenters. The fourth-order valence-electron chi connectivity index (χ4n) is 0.868. The molecule has 0 N–H and O–H groups in total. The van der Waals surface area contributed by atoms with Crippen LogP contribution in [0.1, 0.15) is 17.7 Å². The minimum Gasteiger partial charge on any atom is -0.238 e. The Kier molecular flexibility index (Phi) is 4.01. The van der Waals surface area contributed by atoms with Crippen LogP contribution in [0, 0.1) is 14.9 Å². The molecular weight excluding hydrogens is 324 g/mol. The van der Waals surface area contributed by atoms with Gasteiger partial charge < -0.3 is 0 Å². The second-order valence-electron chi connectivity index (χ2n) is 2.43. The second kappa shape index (κ2) is 4.84. The van der Waals surface area contributed by atoms with Crippen LogP contribution >= 0.6 is 34.2 Å². The van der Waals surface area contributed by atoms with Crippen LogP contribution in [0.3, 0.4) is 0 Å². The van der Waals surface area contributed by atoms with Crippen molar-refractivity contribution in [3.8, 4) is 6.07 Å². The molecule has 1 aromatic rings. The highest BCUT2D eigenvalue weighted by atomic mass is 127. The van der Waals surface area contributed by atoms with E-state index < -0.39 is 6.43 Å². The van der Waals surface area contributed by atoms with Crippen LogP contribution in [0.25, 0.3) is 0 Å². The van der Waals surface area contributed by atoms with Gasteiger partial charge in [-0.3, -0.25) is 0 Å². The number of nitrogens with zero attached hydrogens (tertiary/aromatic N) is 2. The molecule has 74 valence electrons. The molecule has 1 heterocycles. The Morgan fingerprint density at radius 3 is 2.79 bits per heavy atom. The Morgan fingerprint density at radius 1 is 1.64 bits per heavy atom. The van der Waals surface area contributed by atoms with Crippen LogP contribution in [-0.4, -0.2) is 4.98 Å². The summed E-state index contributed by atoms with van der Waals surface area (Å²) in [6.07, 6.45) is -2.57. The summed E-state index contributed by atoms with van der Waals surface area (Å²) < 4.78 is 25.2. The third-order valence-corrected chi connectivity index (χ3v) is 2.75. The highest BCUT2D eigenvalue weighted by molar-refractivity contribution is 14.1. The van der Waals surface area contributed by atoms with E-state index in [0.29, 0.717) is 9.26 Å².